The van der Waals surface area contributed by atoms with Gasteiger partial charge in [0, 0.05) is 19.2 Å². The van der Waals surface area contributed by atoms with Crippen molar-refractivity contribution in [1.29, 1.82) is 0 Å². The van der Waals surface area contributed by atoms with Crippen molar-refractivity contribution in [3.05, 3.63) is 28.8 Å². The summed E-state index contributed by atoms with van der Waals surface area (Å²) < 4.78 is 32.1. The highest BCUT2D eigenvalue weighted by atomic mass is 35.5. The number of methoxy groups -OCH3 is 1. The molecule has 0 aliphatic heterocycles. The van der Waals surface area contributed by atoms with Crippen LogP contribution in [0.5, 0.6) is 0 Å². The summed E-state index contributed by atoms with van der Waals surface area (Å²) in [6, 6.07) is 4.51. The van der Waals surface area contributed by atoms with Gasteiger partial charge in [-0.3, -0.25) is 0 Å². The summed E-state index contributed by atoms with van der Waals surface area (Å²) in [5.41, 5.74) is 5.29. The van der Waals surface area contributed by atoms with Crippen LogP contribution in [0.25, 0.3) is 0 Å². The minimum absolute atomic E-state index is 0.00867. The summed E-state index contributed by atoms with van der Waals surface area (Å²) >= 11 is 6.03. The molecule has 116 valence electrons. The van der Waals surface area contributed by atoms with Crippen LogP contribution in [-0.4, -0.2) is 34.2 Å². The van der Waals surface area contributed by atoms with Crippen LogP contribution in [0.15, 0.2) is 23.1 Å². The molecule has 1 aromatic carbocycles. The molecule has 0 bridgehead atoms. The standard InChI is InChI=1S/C14H19ClN2O3S/c1-14(2,20-3)10-17-21(18,19)13-7-6-11(5-4-8-16)9-12(13)15/h6-7,9,17H,8,10,16H2,1-3H3. The van der Waals surface area contributed by atoms with Gasteiger partial charge in [-0.25, -0.2) is 13.1 Å². The number of hydrogen-bond acceptors (Lipinski definition) is 4. The Kier molecular flexibility index (Phi) is 6.20. The highest BCUT2D eigenvalue weighted by Crippen LogP contribution is 2.22. The first-order valence-corrected chi connectivity index (χ1v) is 8.11. The van der Waals surface area contributed by atoms with E-state index in [4.69, 9.17) is 22.1 Å². The summed E-state index contributed by atoms with van der Waals surface area (Å²) in [6.07, 6.45) is 0. The molecule has 1 rings (SSSR count). The Bertz CT molecular complexity index is 661. The maximum Gasteiger partial charge on any atom is 0.242 e. The highest BCUT2D eigenvalue weighted by molar-refractivity contribution is 7.89. The van der Waals surface area contributed by atoms with Gasteiger partial charge in [0.1, 0.15) is 4.90 Å². The minimum Gasteiger partial charge on any atom is -0.377 e. The number of nitrogens with two attached hydrogens (primary N) is 1. The summed E-state index contributed by atoms with van der Waals surface area (Å²) in [4.78, 5) is 0.00867. The van der Waals surface area contributed by atoms with Crippen LogP contribution in [0.1, 0.15) is 19.4 Å². The molecule has 21 heavy (non-hydrogen) atoms. The Morgan fingerprint density at radius 3 is 2.62 bits per heavy atom. The average Bonchev–Trinajstić information content (AvgIpc) is 2.43. The van der Waals surface area contributed by atoms with Crippen LogP contribution < -0.4 is 10.5 Å². The van der Waals surface area contributed by atoms with Gasteiger partial charge in [-0.2, -0.15) is 0 Å². The lowest BCUT2D eigenvalue weighted by molar-refractivity contribution is 0.0276. The predicted molar refractivity (Wildman–Crippen MR) is 83.7 cm³/mol. The van der Waals surface area contributed by atoms with Crippen molar-refractivity contribution in [2.45, 2.75) is 24.3 Å². The van der Waals surface area contributed by atoms with E-state index in [0.29, 0.717) is 5.56 Å². The maximum atomic E-state index is 12.2. The van der Waals surface area contributed by atoms with Crippen molar-refractivity contribution < 1.29 is 13.2 Å². The summed E-state index contributed by atoms with van der Waals surface area (Å²) in [6.45, 7) is 3.92. The van der Waals surface area contributed by atoms with Crippen molar-refractivity contribution in [2.75, 3.05) is 20.2 Å². The van der Waals surface area contributed by atoms with Crippen molar-refractivity contribution in [3.63, 3.8) is 0 Å². The van der Waals surface area contributed by atoms with E-state index in [0.717, 1.165) is 0 Å². The fourth-order valence-corrected chi connectivity index (χ4v) is 3.11. The number of sulfonamides is 1. The third-order valence-corrected chi connectivity index (χ3v) is 4.68. The zero-order valence-corrected chi connectivity index (χ0v) is 13.8. The molecule has 0 atom stereocenters. The van der Waals surface area contributed by atoms with Gasteiger partial charge in [-0.05, 0) is 32.0 Å². The smallest absolute Gasteiger partial charge is 0.242 e. The lowest BCUT2D eigenvalue weighted by Crippen LogP contribution is -2.39. The number of halogens is 1. The van der Waals surface area contributed by atoms with Crippen molar-refractivity contribution in [3.8, 4) is 11.8 Å². The number of benzene rings is 1. The molecule has 0 heterocycles. The molecule has 0 saturated heterocycles. The Hall–Kier alpha value is -1.10. The first kappa shape index (κ1) is 18.0. The van der Waals surface area contributed by atoms with E-state index in [9.17, 15) is 8.42 Å². The van der Waals surface area contributed by atoms with Crippen molar-refractivity contribution in [1.82, 2.24) is 4.72 Å². The fourth-order valence-electron chi connectivity index (χ4n) is 1.37. The quantitative estimate of drug-likeness (QED) is 0.799. The van der Waals surface area contributed by atoms with E-state index in [1.807, 2.05) is 0 Å². The molecule has 0 saturated carbocycles. The molecule has 5 nitrogen and oxygen atoms in total. The van der Waals surface area contributed by atoms with Crippen LogP contribution in [-0.2, 0) is 14.8 Å². The zero-order valence-electron chi connectivity index (χ0n) is 12.2. The lowest BCUT2D eigenvalue weighted by atomic mass is 10.1. The average molecular weight is 331 g/mol. The molecule has 0 unspecified atom stereocenters. The molecular weight excluding hydrogens is 312 g/mol. The summed E-state index contributed by atoms with van der Waals surface area (Å²) in [5.74, 6) is 5.47. The molecule has 0 aliphatic carbocycles. The van der Waals surface area contributed by atoms with Gasteiger partial charge in [0.25, 0.3) is 0 Å². The number of hydrogen-bond donors (Lipinski definition) is 2. The molecule has 0 radical (unpaired) electrons. The second-order valence-corrected chi connectivity index (χ2v) is 7.08. The van der Waals surface area contributed by atoms with E-state index in [1.165, 1.54) is 19.2 Å². The van der Waals surface area contributed by atoms with Crippen LogP contribution in [0.3, 0.4) is 0 Å². The van der Waals surface area contributed by atoms with Gasteiger partial charge in [0.15, 0.2) is 0 Å². The second kappa shape index (κ2) is 7.25. The fraction of sp³-hybridized carbons (Fsp3) is 0.429. The normalized spacial score (nSPS) is 11.9. The molecule has 0 amide bonds. The largest absolute Gasteiger partial charge is 0.377 e. The van der Waals surface area contributed by atoms with Gasteiger partial charge in [0.2, 0.25) is 10.0 Å². The zero-order chi connectivity index (χ0) is 16.1. The monoisotopic (exact) mass is 330 g/mol. The molecular formula is C14H19ClN2O3S. The number of nitrogens with one attached hydrogen (secondary N) is 1. The van der Waals surface area contributed by atoms with Crippen molar-refractivity contribution in [2.24, 2.45) is 5.73 Å². The lowest BCUT2D eigenvalue weighted by Gasteiger charge is -2.23. The minimum atomic E-state index is -3.71. The van der Waals surface area contributed by atoms with E-state index in [1.54, 1.807) is 19.9 Å². The second-order valence-electron chi connectivity index (χ2n) is 4.94. The van der Waals surface area contributed by atoms with E-state index >= 15 is 0 Å². The van der Waals surface area contributed by atoms with E-state index in [-0.39, 0.29) is 23.0 Å². The SMILES string of the molecule is COC(C)(C)CNS(=O)(=O)c1ccc(C#CCN)cc1Cl. The van der Waals surface area contributed by atoms with Gasteiger partial charge < -0.3 is 10.5 Å². The van der Waals surface area contributed by atoms with Crippen LogP contribution in [0.4, 0.5) is 0 Å². The van der Waals surface area contributed by atoms with E-state index < -0.39 is 15.6 Å². The Morgan fingerprint density at radius 1 is 1.43 bits per heavy atom. The topological polar surface area (TPSA) is 81.4 Å². The molecule has 0 spiro atoms. The first-order chi connectivity index (χ1) is 9.72. The van der Waals surface area contributed by atoms with Gasteiger partial charge in [0.05, 0.1) is 17.2 Å². The van der Waals surface area contributed by atoms with Crippen LogP contribution in [0, 0.1) is 11.8 Å². The molecule has 0 aliphatic rings. The number of ether oxygens (including phenoxy) is 1. The highest BCUT2D eigenvalue weighted by Gasteiger charge is 2.23. The molecule has 7 heteroatoms. The van der Waals surface area contributed by atoms with Crippen LogP contribution >= 0.6 is 11.6 Å². The third-order valence-electron chi connectivity index (χ3n) is 2.80. The Balaban J connectivity index is 2.99. The van der Waals surface area contributed by atoms with Gasteiger partial charge in [-0.1, -0.05) is 23.4 Å². The van der Waals surface area contributed by atoms with Crippen LogP contribution in [0.2, 0.25) is 5.02 Å². The molecule has 0 fully saturated rings. The van der Waals surface area contributed by atoms with Crippen molar-refractivity contribution >= 4 is 21.6 Å². The molecule has 0 aromatic heterocycles. The summed E-state index contributed by atoms with van der Waals surface area (Å²) in [5, 5.41) is 0.113. The predicted octanol–water partition coefficient (Wildman–Crippen LogP) is 1.35. The van der Waals surface area contributed by atoms with Gasteiger partial charge >= 0.3 is 0 Å². The van der Waals surface area contributed by atoms with Gasteiger partial charge in [-0.15, -0.1) is 0 Å². The number of rotatable bonds is 5. The Morgan fingerprint density at radius 2 is 2.10 bits per heavy atom. The third kappa shape index (κ3) is 5.30. The Labute approximate surface area is 130 Å². The molecule has 1 aromatic rings. The van der Waals surface area contributed by atoms with E-state index in [2.05, 4.69) is 16.6 Å². The molecule has 3 N–H and O–H groups in total. The maximum absolute atomic E-state index is 12.2. The first-order valence-electron chi connectivity index (χ1n) is 6.25. The summed E-state index contributed by atoms with van der Waals surface area (Å²) in [7, 11) is -2.19.